The number of fused-ring (bicyclic) bond motifs is 1. The van der Waals surface area contributed by atoms with E-state index in [2.05, 4.69) is 28.8 Å². The van der Waals surface area contributed by atoms with E-state index < -0.39 is 6.09 Å². The first-order chi connectivity index (χ1) is 15.9. The third-order valence-electron chi connectivity index (χ3n) is 4.87. The van der Waals surface area contributed by atoms with Gasteiger partial charge in [0.05, 0.1) is 6.42 Å². The zero-order chi connectivity index (χ0) is 23.4. The van der Waals surface area contributed by atoms with Gasteiger partial charge in [0.25, 0.3) is 5.88 Å². The van der Waals surface area contributed by atoms with Crippen LogP contribution < -0.4 is 15.4 Å². The van der Waals surface area contributed by atoms with Gasteiger partial charge in [-0.3, -0.25) is 9.36 Å². The Morgan fingerprint density at radius 3 is 2.33 bits per heavy atom. The maximum absolute atomic E-state index is 13.1. The number of para-hydroxylation sites is 1. The Kier molecular flexibility index (Phi) is 6.30. The number of anilines is 2. The summed E-state index contributed by atoms with van der Waals surface area (Å²) < 4.78 is 6.49. The fraction of sp³-hybridized carbons (Fsp3) is 0.208. The van der Waals surface area contributed by atoms with Crippen molar-refractivity contribution in [2.45, 2.75) is 20.3 Å². The van der Waals surface area contributed by atoms with Gasteiger partial charge in [0.1, 0.15) is 6.33 Å². The molecule has 33 heavy (non-hydrogen) atoms. The van der Waals surface area contributed by atoms with Crippen LogP contribution in [0.3, 0.4) is 0 Å². The Bertz CT molecular complexity index is 1270. The van der Waals surface area contributed by atoms with Crippen molar-refractivity contribution in [3.8, 4) is 5.88 Å². The summed E-state index contributed by atoms with van der Waals surface area (Å²) in [5.41, 5.74) is 7.40. The standard InChI is InChI=1S/C24H24N6O3/c1-16(2)14-29(18-11-7-4-8-12-18)24-27-21-20(22(28-24)33-23(25)32)26-15-30(21)19(31)13-17-9-5-3-6-10-17/h3-12,15-16H,13-14H2,1-2H3,(H2,25,32). The Balaban J connectivity index is 1.83. The highest BCUT2D eigenvalue weighted by molar-refractivity contribution is 5.92. The van der Waals surface area contributed by atoms with Gasteiger partial charge < -0.3 is 15.4 Å². The molecule has 0 aliphatic carbocycles. The molecule has 4 aromatic rings. The number of nitrogens with two attached hydrogens (primary N) is 1. The maximum atomic E-state index is 13.1. The van der Waals surface area contributed by atoms with Gasteiger partial charge in [0.15, 0.2) is 11.2 Å². The third kappa shape index (κ3) is 4.98. The van der Waals surface area contributed by atoms with Gasteiger partial charge in [-0.2, -0.15) is 9.97 Å². The zero-order valence-corrected chi connectivity index (χ0v) is 18.4. The highest BCUT2D eigenvalue weighted by atomic mass is 16.6. The lowest BCUT2D eigenvalue weighted by Gasteiger charge is -2.25. The van der Waals surface area contributed by atoms with Crippen LogP contribution in [0.15, 0.2) is 67.0 Å². The van der Waals surface area contributed by atoms with E-state index in [1.54, 1.807) is 0 Å². The van der Waals surface area contributed by atoms with Crippen molar-refractivity contribution in [2.24, 2.45) is 11.7 Å². The van der Waals surface area contributed by atoms with Gasteiger partial charge in [-0.25, -0.2) is 9.78 Å². The third-order valence-corrected chi connectivity index (χ3v) is 4.87. The van der Waals surface area contributed by atoms with Gasteiger partial charge >= 0.3 is 6.09 Å². The number of imidazole rings is 1. The second-order valence-electron chi connectivity index (χ2n) is 7.93. The van der Waals surface area contributed by atoms with E-state index in [-0.39, 0.29) is 41.2 Å². The van der Waals surface area contributed by atoms with E-state index in [9.17, 15) is 9.59 Å². The molecule has 9 nitrogen and oxygen atoms in total. The Morgan fingerprint density at radius 1 is 1.03 bits per heavy atom. The molecule has 1 amide bonds. The number of primary amides is 1. The molecule has 0 radical (unpaired) electrons. The molecule has 0 aliphatic rings. The van der Waals surface area contributed by atoms with Crippen LogP contribution in [0.25, 0.3) is 11.2 Å². The quantitative estimate of drug-likeness (QED) is 0.458. The smallest absolute Gasteiger partial charge is 0.389 e. The minimum Gasteiger partial charge on any atom is -0.389 e. The van der Waals surface area contributed by atoms with Crippen LogP contribution in [0.5, 0.6) is 5.88 Å². The maximum Gasteiger partial charge on any atom is 0.411 e. The van der Waals surface area contributed by atoms with Crippen molar-refractivity contribution < 1.29 is 14.3 Å². The van der Waals surface area contributed by atoms with E-state index in [0.29, 0.717) is 6.54 Å². The summed E-state index contributed by atoms with van der Waals surface area (Å²) >= 11 is 0. The Morgan fingerprint density at radius 2 is 1.70 bits per heavy atom. The minimum absolute atomic E-state index is 0.0987. The Hall–Kier alpha value is -4.27. The fourth-order valence-electron chi connectivity index (χ4n) is 3.46. The van der Waals surface area contributed by atoms with E-state index in [1.807, 2.05) is 65.6 Å². The number of amides is 1. The largest absolute Gasteiger partial charge is 0.411 e. The summed E-state index contributed by atoms with van der Waals surface area (Å²) in [5, 5.41) is 0. The van der Waals surface area contributed by atoms with Crippen LogP contribution in [-0.4, -0.2) is 38.1 Å². The number of carbonyl (C=O) groups excluding carboxylic acids is 2. The number of aromatic nitrogens is 4. The van der Waals surface area contributed by atoms with Crippen LogP contribution in [-0.2, 0) is 6.42 Å². The first-order valence-corrected chi connectivity index (χ1v) is 10.5. The van der Waals surface area contributed by atoms with Crippen molar-refractivity contribution >= 4 is 34.8 Å². The van der Waals surface area contributed by atoms with Crippen molar-refractivity contribution in [2.75, 3.05) is 11.4 Å². The molecule has 0 saturated heterocycles. The number of nitrogens with zero attached hydrogens (tertiary/aromatic N) is 5. The summed E-state index contributed by atoms with van der Waals surface area (Å²) in [6, 6.07) is 19.0. The summed E-state index contributed by atoms with van der Waals surface area (Å²) in [4.78, 5) is 39.8. The second-order valence-corrected chi connectivity index (χ2v) is 7.93. The molecule has 0 spiro atoms. The molecule has 0 unspecified atom stereocenters. The average molecular weight is 444 g/mol. The molecule has 0 bridgehead atoms. The lowest BCUT2D eigenvalue weighted by molar-refractivity contribution is 0.0918. The van der Waals surface area contributed by atoms with Gasteiger partial charge in [-0.15, -0.1) is 0 Å². The highest BCUT2D eigenvalue weighted by Crippen LogP contribution is 2.29. The molecule has 9 heteroatoms. The van der Waals surface area contributed by atoms with Crippen molar-refractivity contribution in [1.29, 1.82) is 0 Å². The molecule has 2 heterocycles. The molecule has 168 valence electrons. The lowest BCUT2D eigenvalue weighted by Crippen LogP contribution is -2.25. The molecule has 2 aromatic carbocycles. The van der Waals surface area contributed by atoms with E-state index in [1.165, 1.54) is 10.9 Å². The van der Waals surface area contributed by atoms with Crippen LogP contribution in [0.4, 0.5) is 16.4 Å². The van der Waals surface area contributed by atoms with E-state index in [4.69, 9.17) is 10.5 Å². The number of rotatable bonds is 7. The van der Waals surface area contributed by atoms with E-state index in [0.717, 1.165) is 11.3 Å². The highest BCUT2D eigenvalue weighted by Gasteiger charge is 2.23. The van der Waals surface area contributed by atoms with Gasteiger partial charge in [-0.1, -0.05) is 62.4 Å². The first kappa shape index (κ1) is 21.9. The summed E-state index contributed by atoms with van der Waals surface area (Å²) in [6.07, 6.45) is 0.491. The monoisotopic (exact) mass is 444 g/mol. The second kappa shape index (κ2) is 9.47. The SMILES string of the molecule is CC(C)CN(c1ccccc1)c1nc(OC(N)=O)c2ncn(C(=O)Cc3ccccc3)c2n1. The molecule has 0 atom stereocenters. The number of hydrogen-bond acceptors (Lipinski definition) is 7. The van der Waals surface area contributed by atoms with Crippen molar-refractivity contribution in [3.05, 3.63) is 72.6 Å². The number of ether oxygens (including phenoxy) is 1. The molecule has 0 saturated carbocycles. The Labute approximate surface area is 190 Å². The van der Waals surface area contributed by atoms with Crippen LogP contribution in [0, 0.1) is 5.92 Å². The summed E-state index contributed by atoms with van der Waals surface area (Å²) in [7, 11) is 0. The van der Waals surface area contributed by atoms with Gasteiger partial charge in [-0.05, 0) is 23.6 Å². The average Bonchev–Trinajstić information content (AvgIpc) is 3.23. The van der Waals surface area contributed by atoms with Crippen molar-refractivity contribution in [1.82, 2.24) is 19.5 Å². The van der Waals surface area contributed by atoms with Gasteiger partial charge in [0, 0.05) is 12.2 Å². The van der Waals surface area contributed by atoms with Crippen LogP contribution in [0.1, 0.15) is 24.2 Å². The van der Waals surface area contributed by atoms with Crippen molar-refractivity contribution in [3.63, 3.8) is 0 Å². The predicted octanol–water partition coefficient (Wildman–Crippen LogP) is 3.96. The number of hydrogen-bond donors (Lipinski definition) is 1. The topological polar surface area (TPSA) is 116 Å². The molecular formula is C24H24N6O3. The lowest BCUT2D eigenvalue weighted by atomic mass is 10.1. The normalized spacial score (nSPS) is 11.0. The molecule has 2 aromatic heterocycles. The van der Waals surface area contributed by atoms with Crippen LogP contribution >= 0.6 is 0 Å². The number of benzene rings is 2. The molecular weight excluding hydrogens is 420 g/mol. The van der Waals surface area contributed by atoms with Crippen LogP contribution in [0.2, 0.25) is 0 Å². The number of carbonyl (C=O) groups is 2. The summed E-state index contributed by atoms with van der Waals surface area (Å²) in [6.45, 7) is 4.74. The molecule has 2 N–H and O–H groups in total. The first-order valence-electron chi connectivity index (χ1n) is 10.5. The predicted molar refractivity (Wildman–Crippen MR) is 125 cm³/mol. The zero-order valence-electron chi connectivity index (χ0n) is 18.4. The minimum atomic E-state index is -1.03. The van der Waals surface area contributed by atoms with E-state index >= 15 is 0 Å². The molecule has 0 fully saturated rings. The summed E-state index contributed by atoms with van der Waals surface area (Å²) in [5.74, 6) is 0.217. The molecule has 4 rings (SSSR count). The fourth-order valence-corrected chi connectivity index (χ4v) is 3.46. The van der Waals surface area contributed by atoms with Gasteiger partial charge in [0.2, 0.25) is 11.9 Å². The molecule has 0 aliphatic heterocycles.